The number of non-ortho nitro benzene ring substituents is 1. The molecular formula is C18H17N7O10. The second kappa shape index (κ2) is 9.14. The Hall–Kier alpha value is -4.32. The Morgan fingerprint density at radius 1 is 1.23 bits per heavy atom. The van der Waals surface area contributed by atoms with Crippen LogP contribution in [0, 0.1) is 20.2 Å². The smallest absolute Gasteiger partial charge is 0.280 e. The maximum Gasteiger partial charge on any atom is 0.280 e. The molecule has 1 saturated heterocycles. The van der Waals surface area contributed by atoms with Gasteiger partial charge in [0.2, 0.25) is 11.9 Å². The molecule has 35 heavy (non-hydrogen) atoms. The number of benzene rings is 1. The second-order valence-electron chi connectivity index (χ2n) is 7.52. The molecule has 4 atom stereocenters. The first-order valence-electron chi connectivity index (χ1n) is 9.91. The number of aliphatic hydroxyl groups excluding tert-OH is 3. The number of nitrogens with one attached hydrogen (secondary N) is 2. The maximum absolute atomic E-state index is 12.5. The number of amides is 1. The van der Waals surface area contributed by atoms with Gasteiger partial charge in [-0.2, -0.15) is 4.98 Å². The van der Waals surface area contributed by atoms with Crippen molar-refractivity contribution in [2.75, 3.05) is 11.9 Å². The molecule has 0 spiro atoms. The van der Waals surface area contributed by atoms with E-state index in [2.05, 4.69) is 20.3 Å². The average molecular weight is 491 g/mol. The van der Waals surface area contributed by atoms with Crippen LogP contribution in [0.5, 0.6) is 0 Å². The third-order valence-electron chi connectivity index (χ3n) is 5.31. The Bertz CT molecular complexity index is 1390. The molecule has 0 saturated carbocycles. The Morgan fingerprint density at radius 2 is 1.97 bits per heavy atom. The van der Waals surface area contributed by atoms with E-state index in [4.69, 9.17) is 4.74 Å². The molecule has 1 amide bonds. The van der Waals surface area contributed by atoms with Gasteiger partial charge in [0.15, 0.2) is 17.4 Å². The highest BCUT2D eigenvalue weighted by molar-refractivity contribution is 5.92. The molecular weight excluding hydrogens is 474 g/mol. The van der Waals surface area contributed by atoms with Crippen LogP contribution in [0.3, 0.4) is 0 Å². The predicted octanol–water partition coefficient (Wildman–Crippen LogP) is -1.27. The van der Waals surface area contributed by atoms with E-state index in [1.54, 1.807) is 0 Å². The molecule has 184 valence electrons. The van der Waals surface area contributed by atoms with Gasteiger partial charge in [-0.3, -0.25) is 44.7 Å². The number of H-pyrrole nitrogens is 1. The molecule has 1 aromatic carbocycles. The lowest BCUT2D eigenvalue weighted by atomic mass is 10.1. The van der Waals surface area contributed by atoms with Gasteiger partial charge in [0.1, 0.15) is 18.3 Å². The zero-order valence-electron chi connectivity index (χ0n) is 17.5. The first-order valence-corrected chi connectivity index (χ1v) is 9.91. The van der Waals surface area contributed by atoms with Gasteiger partial charge in [-0.05, 0) is 6.07 Å². The summed E-state index contributed by atoms with van der Waals surface area (Å²) in [5, 5.41) is 53.9. The van der Waals surface area contributed by atoms with Crippen molar-refractivity contribution in [2.45, 2.75) is 31.0 Å². The van der Waals surface area contributed by atoms with E-state index < -0.39 is 70.3 Å². The molecule has 1 aliphatic rings. The summed E-state index contributed by atoms with van der Waals surface area (Å²) in [6.45, 7) is -0.578. The van der Waals surface area contributed by atoms with Crippen molar-refractivity contribution in [1.29, 1.82) is 0 Å². The molecule has 3 heterocycles. The zero-order valence-corrected chi connectivity index (χ0v) is 17.5. The summed E-state index contributed by atoms with van der Waals surface area (Å²) in [6.07, 6.45) is -4.67. The molecule has 17 nitrogen and oxygen atoms in total. The van der Waals surface area contributed by atoms with Gasteiger partial charge in [-0.25, -0.2) is 4.98 Å². The monoisotopic (exact) mass is 491 g/mol. The van der Waals surface area contributed by atoms with Crippen LogP contribution >= 0.6 is 0 Å². The standard InChI is InChI=1S/C18H17N7O10/c26-5-10-13(28)14(29)17(35-10)23-6-19-12-15(23)21-18(22-16(12)30)20-11(27)3-7-1-2-8(24(31)32)4-9(7)25(33)34/h1-2,4,6,10,13-14,17,26,28-29H,3,5H2,(H2,20,21,22,27,30)/t10-,13-,14+,17-/m1/s1. The van der Waals surface area contributed by atoms with Crippen molar-refractivity contribution in [3.8, 4) is 0 Å². The van der Waals surface area contributed by atoms with Crippen molar-refractivity contribution in [3.63, 3.8) is 0 Å². The van der Waals surface area contributed by atoms with Crippen LogP contribution in [0.2, 0.25) is 0 Å². The first kappa shape index (κ1) is 23.8. The summed E-state index contributed by atoms with van der Waals surface area (Å²) in [5.74, 6) is -1.19. The van der Waals surface area contributed by atoms with Gasteiger partial charge in [-0.1, -0.05) is 0 Å². The number of anilines is 1. The average Bonchev–Trinajstić information content (AvgIpc) is 3.34. The predicted molar refractivity (Wildman–Crippen MR) is 113 cm³/mol. The SMILES string of the molecule is O=C(Cc1ccc([N+](=O)[O-])cc1[N+](=O)[O-])Nc1nc2c(ncn2[C@@H]2O[C@H](CO)[C@@H](O)[C@@H]2O)c(=O)[nH]1. The minimum Gasteiger partial charge on any atom is -0.394 e. The van der Waals surface area contributed by atoms with E-state index in [0.717, 1.165) is 29.1 Å². The Morgan fingerprint density at radius 3 is 2.60 bits per heavy atom. The van der Waals surface area contributed by atoms with E-state index >= 15 is 0 Å². The number of nitrogens with zero attached hydrogens (tertiary/aromatic N) is 5. The number of hydrogen-bond acceptors (Lipinski definition) is 12. The lowest BCUT2D eigenvalue weighted by molar-refractivity contribution is -0.394. The Balaban J connectivity index is 1.60. The zero-order chi connectivity index (χ0) is 25.4. The largest absolute Gasteiger partial charge is 0.394 e. The Kier molecular flexibility index (Phi) is 6.22. The molecule has 0 bridgehead atoms. The maximum atomic E-state index is 12.5. The van der Waals surface area contributed by atoms with E-state index in [0.29, 0.717) is 0 Å². The normalized spacial score (nSPS) is 21.8. The first-order chi connectivity index (χ1) is 16.6. The number of aliphatic hydroxyl groups is 3. The number of hydrogen-bond donors (Lipinski definition) is 5. The number of ether oxygens (including phenoxy) is 1. The highest BCUT2D eigenvalue weighted by Crippen LogP contribution is 2.31. The molecule has 0 radical (unpaired) electrons. The number of nitro groups is 2. The van der Waals surface area contributed by atoms with Gasteiger partial charge in [0, 0.05) is 11.6 Å². The Labute approximate surface area is 192 Å². The molecule has 5 N–H and O–H groups in total. The van der Waals surface area contributed by atoms with E-state index in [-0.39, 0.29) is 22.7 Å². The van der Waals surface area contributed by atoms with Crippen LogP contribution in [0.4, 0.5) is 17.3 Å². The topological polar surface area (TPSA) is 249 Å². The number of carbonyl (C=O) groups excluding carboxylic acids is 1. The quantitative estimate of drug-likeness (QED) is 0.192. The van der Waals surface area contributed by atoms with E-state index in [9.17, 15) is 45.1 Å². The molecule has 4 rings (SSSR count). The molecule has 1 aliphatic heterocycles. The van der Waals surface area contributed by atoms with Crippen LogP contribution in [0.15, 0.2) is 29.3 Å². The van der Waals surface area contributed by atoms with E-state index in [1.807, 2.05) is 0 Å². The third kappa shape index (κ3) is 4.43. The number of carbonyl (C=O) groups is 1. The van der Waals surface area contributed by atoms with Gasteiger partial charge in [0.05, 0.1) is 35.3 Å². The summed E-state index contributed by atoms with van der Waals surface area (Å²) in [4.78, 5) is 55.6. The van der Waals surface area contributed by atoms with Crippen molar-refractivity contribution < 1.29 is 34.7 Å². The number of rotatable bonds is 7. The molecule has 0 aliphatic carbocycles. The number of aromatic amines is 1. The van der Waals surface area contributed by atoms with E-state index in [1.165, 1.54) is 0 Å². The number of nitro benzene ring substituents is 2. The number of imidazole rings is 1. The fourth-order valence-corrected chi connectivity index (χ4v) is 3.62. The van der Waals surface area contributed by atoms with Gasteiger partial charge in [-0.15, -0.1) is 0 Å². The van der Waals surface area contributed by atoms with Gasteiger partial charge in [0.25, 0.3) is 16.9 Å². The van der Waals surface area contributed by atoms with Crippen molar-refractivity contribution >= 4 is 34.4 Å². The highest BCUT2D eigenvalue weighted by Gasteiger charge is 2.44. The molecule has 1 fully saturated rings. The minimum absolute atomic E-state index is 0.113. The molecule has 17 heteroatoms. The molecule has 0 unspecified atom stereocenters. The summed E-state index contributed by atoms with van der Waals surface area (Å²) < 4.78 is 6.55. The van der Waals surface area contributed by atoms with Crippen LogP contribution < -0.4 is 10.9 Å². The lowest BCUT2D eigenvalue weighted by Crippen LogP contribution is -2.33. The fourth-order valence-electron chi connectivity index (χ4n) is 3.62. The minimum atomic E-state index is -1.48. The number of fused-ring (bicyclic) bond motifs is 1. The third-order valence-corrected chi connectivity index (χ3v) is 5.31. The summed E-state index contributed by atoms with van der Waals surface area (Å²) in [7, 11) is 0. The van der Waals surface area contributed by atoms with Crippen molar-refractivity contribution in [1.82, 2.24) is 19.5 Å². The summed E-state index contributed by atoms with van der Waals surface area (Å²) in [5.41, 5.74) is -2.33. The molecule has 3 aromatic rings. The van der Waals surface area contributed by atoms with Crippen molar-refractivity contribution in [3.05, 3.63) is 60.7 Å². The van der Waals surface area contributed by atoms with Gasteiger partial charge >= 0.3 is 0 Å². The molecule has 2 aromatic heterocycles. The van der Waals surface area contributed by atoms with Crippen LogP contribution in [-0.4, -0.2) is 75.5 Å². The fraction of sp³-hybridized carbons (Fsp3) is 0.333. The lowest BCUT2D eigenvalue weighted by Gasteiger charge is -2.16. The van der Waals surface area contributed by atoms with Crippen LogP contribution in [-0.2, 0) is 16.0 Å². The number of aromatic nitrogens is 4. The summed E-state index contributed by atoms with van der Waals surface area (Å²) in [6, 6.07) is 2.82. The van der Waals surface area contributed by atoms with Crippen LogP contribution in [0.1, 0.15) is 11.8 Å². The van der Waals surface area contributed by atoms with Gasteiger partial charge < -0.3 is 20.1 Å². The summed E-state index contributed by atoms with van der Waals surface area (Å²) >= 11 is 0. The second-order valence-corrected chi connectivity index (χ2v) is 7.52. The highest BCUT2D eigenvalue weighted by atomic mass is 16.6. The van der Waals surface area contributed by atoms with Crippen LogP contribution in [0.25, 0.3) is 11.2 Å². The van der Waals surface area contributed by atoms with Crippen molar-refractivity contribution in [2.24, 2.45) is 0 Å².